The SMILES string of the molecule is Cc1cc(C)c(Nc2nccc(C(=O)N3c4ccccc4CC3C)n2)c(C)c1. The molecule has 5 nitrogen and oxygen atoms in total. The Kier molecular flexibility index (Phi) is 4.59. The summed E-state index contributed by atoms with van der Waals surface area (Å²) in [6.07, 6.45) is 2.49. The number of carbonyl (C=O) groups is 1. The summed E-state index contributed by atoms with van der Waals surface area (Å²) in [7, 11) is 0. The van der Waals surface area contributed by atoms with Crippen LogP contribution >= 0.6 is 0 Å². The van der Waals surface area contributed by atoms with Gasteiger partial charge in [-0.1, -0.05) is 35.9 Å². The van der Waals surface area contributed by atoms with Crippen molar-refractivity contribution in [1.29, 1.82) is 0 Å². The van der Waals surface area contributed by atoms with Crippen molar-refractivity contribution in [1.82, 2.24) is 9.97 Å². The molecule has 4 rings (SSSR count). The summed E-state index contributed by atoms with van der Waals surface area (Å²) < 4.78 is 0. The lowest BCUT2D eigenvalue weighted by Crippen LogP contribution is -2.36. The molecule has 1 aliphatic rings. The van der Waals surface area contributed by atoms with Crippen LogP contribution in [0.4, 0.5) is 17.3 Å². The first kappa shape index (κ1) is 18.2. The zero-order chi connectivity index (χ0) is 19.8. The van der Waals surface area contributed by atoms with Gasteiger partial charge in [0, 0.05) is 23.6 Å². The lowest BCUT2D eigenvalue weighted by atomic mass is 10.1. The van der Waals surface area contributed by atoms with E-state index >= 15 is 0 Å². The van der Waals surface area contributed by atoms with Crippen molar-refractivity contribution in [2.75, 3.05) is 10.2 Å². The molecular weight excluding hydrogens is 348 g/mol. The Balaban J connectivity index is 1.64. The number of para-hydroxylation sites is 1. The minimum absolute atomic E-state index is 0.0970. The van der Waals surface area contributed by atoms with E-state index in [2.05, 4.69) is 61.2 Å². The highest BCUT2D eigenvalue weighted by Gasteiger charge is 2.32. The Bertz CT molecular complexity index is 1040. The molecule has 0 saturated carbocycles. The molecule has 1 aliphatic heterocycles. The summed E-state index contributed by atoms with van der Waals surface area (Å²) in [6.45, 7) is 8.26. The van der Waals surface area contributed by atoms with E-state index in [-0.39, 0.29) is 11.9 Å². The van der Waals surface area contributed by atoms with Crippen LogP contribution in [0, 0.1) is 20.8 Å². The number of nitrogens with zero attached hydrogens (tertiary/aromatic N) is 3. The van der Waals surface area contributed by atoms with Gasteiger partial charge in [0.1, 0.15) is 5.69 Å². The van der Waals surface area contributed by atoms with Crippen molar-refractivity contribution < 1.29 is 4.79 Å². The maximum atomic E-state index is 13.2. The number of rotatable bonds is 3. The predicted octanol–water partition coefficient (Wildman–Crippen LogP) is 4.74. The molecule has 0 saturated heterocycles. The second-order valence-electron chi connectivity index (χ2n) is 7.52. The molecule has 0 bridgehead atoms. The largest absolute Gasteiger partial charge is 0.324 e. The smallest absolute Gasteiger partial charge is 0.277 e. The monoisotopic (exact) mass is 372 g/mol. The maximum Gasteiger partial charge on any atom is 0.277 e. The van der Waals surface area contributed by atoms with E-state index < -0.39 is 0 Å². The number of nitrogens with one attached hydrogen (secondary N) is 1. The van der Waals surface area contributed by atoms with E-state index in [9.17, 15) is 4.79 Å². The van der Waals surface area contributed by atoms with Crippen LogP contribution in [-0.4, -0.2) is 21.9 Å². The molecule has 142 valence electrons. The Morgan fingerprint density at radius 2 is 1.82 bits per heavy atom. The van der Waals surface area contributed by atoms with Crippen molar-refractivity contribution in [2.24, 2.45) is 0 Å². The number of hydrogen-bond acceptors (Lipinski definition) is 4. The predicted molar refractivity (Wildman–Crippen MR) is 112 cm³/mol. The van der Waals surface area contributed by atoms with Crippen LogP contribution in [-0.2, 0) is 6.42 Å². The molecule has 3 aromatic rings. The molecule has 5 heteroatoms. The number of fused-ring (bicyclic) bond motifs is 1. The van der Waals surface area contributed by atoms with Crippen LogP contribution < -0.4 is 10.2 Å². The van der Waals surface area contributed by atoms with Crippen molar-refractivity contribution in [3.8, 4) is 0 Å². The molecular formula is C23H24N4O. The number of aryl methyl sites for hydroxylation is 3. The van der Waals surface area contributed by atoms with Crippen molar-refractivity contribution in [2.45, 2.75) is 40.2 Å². The molecule has 1 unspecified atom stereocenters. The number of carbonyl (C=O) groups excluding carboxylic acids is 1. The Hall–Kier alpha value is -3.21. The van der Waals surface area contributed by atoms with Crippen molar-refractivity contribution in [3.63, 3.8) is 0 Å². The topological polar surface area (TPSA) is 58.1 Å². The van der Waals surface area contributed by atoms with Gasteiger partial charge >= 0.3 is 0 Å². The van der Waals surface area contributed by atoms with Crippen molar-refractivity contribution >= 4 is 23.2 Å². The van der Waals surface area contributed by atoms with E-state index in [1.807, 2.05) is 23.1 Å². The molecule has 1 N–H and O–H groups in total. The molecule has 2 aromatic carbocycles. The normalized spacial score (nSPS) is 15.4. The van der Waals surface area contributed by atoms with E-state index in [1.54, 1.807) is 12.3 Å². The second kappa shape index (κ2) is 7.08. The highest BCUT2D eigenvalue weighted by Crippen LogP contribution is 2.33. The first-order valence-corrected chi connectivity index (χ1v) is 9.53. The van der Waals surface area contributed by atoms with Gasteiger partial charge < -0.3 is 10.2 Å². The highest BCUT2D eigenvalue weighted by molar-refractivity contribution is 6.06. The summed E-state index contributed by atoms with van der Waals surface area (Å²) in [4.78, 5) is 23.9. The van der Waals surface area contributed by atoms with Gasteiger partial charge in [0.15, 0.2) is 0 Å². The molecule has 2 heterocycles. The van der Waals surface area contributed by atoms with E-state index in [0.717, 1.165) is 28.9 Å². The molecule has 0 aliphatic carbocycles. The summed E-state index contributed by atoms with van der Waals surface area (Å²) in [6, 6.07) is 14.1. The molecule has 28 heavy (non-hydrogen) atoms. The molecule has 1 amide bonds. The Morgan fingerprint density at radius 3 is 2.57 bits per heavy atom. The molecule has 1 atom stereocenters. The van der Waals surface area contributed by atoms with Crippen LogP contribution in [0.15, 0.2) is 48.7 Å². The van der Waals surface area contributed by atoms with Gasteiger partial charge in [-0.05, 0) is 62.9 Å². The lowest BCUT2D eigenvalue weighted by Gasteiger charge is -2.22. The van der Waals surface area contributed by atoms with E-state index in [1.165, 1.54) is 11.1 Å². The van der Waals surface area contributed by atoms with Gasteiger partial charge in [-0.15, -0.1) is 0 Å². The highest BCUT2D eigenvalue weighted by atomic mass is 16.2. The van der Waals surface area contributed by atoms with Crippen LogP contribution in [0.5, 0.6) is 0 Å². The zero-order valence-corrected chi connectivity index (χ0v) is 16.7. The summed E-state index contributed by atoms with van der Waals surface area (Å²) in [5.41, 5.74) is 7.01. The third kappa shape index (κ3) is 3.24. The summed E-state index contributed by atoms with van der Waals surface area (Å²) in [5.74, 6) is 0.335. The Morgan fingerprint density at radius 1 is 1.11 bits per heavy atom. The quantitative estimate of drug-likeness (QED) is 0.722. The third-order valence-corrected chi connectivity index (χ3v) is 5.21. The minimum atomic E-state index is -0.0970. The zero-order valence-electron chi connectivity index (χ0n) is 16.7. The average Bonchev–Trinajstić information content (AvgIpc) is 3.00. The molecule has 0 spiro atoms. The number of aromatic nitrogens is 2. The van der Waals surface area contributed by atoms with Crippen LogP contribution in [0.1, 0.15) is 39.7 Å². The average molecular weight is 372 g/mol. The number of benzene rings is 2. The fourth-order valence-corrected chi connectivity index (χ4v) is 4.03. The minimum Gasteiger partial charge on any atom is -0.324 e. The number of hydrogen-bond donors (Lipinski definition) is 1. The number of amides is 1. The van der Waals surface area contributed by atoms with Gasteiger partial charge in [0.05, 0.1) is 0 Å². The number of anilines is 3. The fraction of sp³-hybridized carbons (Fsp3) is 0.261. The summed E-state index contributed by atoms with van der Waals surface area (Å²) >= 11 is 0. The van der Waals surface area contributed by atoms with Crippen molar-refractivity contribution in [3.05, 3.63) is 76.6 Å². The van der Waals surface area contributed by atoms with E-state index in [4.69, 9.17) is 0 Å². The maximum absolute atomic E-state index is 13.2. The lowest BCUT2D eigenvalue weighted by molar-refractivity contribution is 0.0976. The van der Waals surface area contributed by atoms with Crippen LogP contribution in [0.2, 0.25) is 0 Å². The fourth-order valence-electron chi connectivity index (χ4n) is 4.03. The van der Waals surface area contributed by atoms with Crippen LogP contribution in [0.3, 0.4) is 0 Å². The molecule has 0 radical (unpaired) electrons. The first-order chi connectivity index (χ1) is 13.4. The van der Waals surface area contributed by atoms with Gasteiger partial charge in [-0.2, -0.15) is 0 Å². The van der Waals surface area contributed by atoms with Crippen LogP contribution in [0.25, 0.3) is 0 Å². The van der Waals surface area contributed by atoms with E-state index in [0.29, 0.717) is 11.6 Å². The first-order valence-electron chi connectivity index (χ1n) is 9.53. The van der Waals surface area contributed by atoms with Gasteiger partial charge in [-0.25, -0.2) is 9.97 Å². The standard InChI is InChI=1S/C23H24N4O/c1-14-11-15(2)21(16(3)12-14)26-23-24-10-9-19(25-23)22(28)27-17(4)13-18-7-5-6-8-20(18)27/h5-12,17H,13H2,1-4H3,(H,24,25,26). The summed E-state index contributed by atoms with van der Waals surface area (Å²) in [5, 5.41) is 3.29. The van der Waals surface area contributed by atoms with Gasteiger partial charge in [0.25, 0.3) is 5.91 Å². The molecule has 1 aromatic heterocycles. The van der Waals surface area contributed by atoms with Gasteiger partial charge in [-0.3, -0.25) is 4.79 Å². The second-order valence-corrected chi connectivity index (χ2v) is 7.52. The molecule has 0 fully saturated rings. The Labute approximate surface area is 165 Å². The third-order valence-electron chi connectivity index (χ3n) is 5.21. The van der Waals surface area contributed by atoms with Gasteiger partial charge in [0.2, 0.25) is 5.95 Å².